The summed E-state index contributed by atoms with van der Waals surface area (Å²) < 4.78 is 0. The van der Waals surface area contributed by atoms with Gasteiger partial charge in [0, 0.05) is 6.04 Å². The molecule has 0 aromatic heterocycles. The zero-order valence-electron chi connectivity index (χ0n) is 8.66. The normalized spacial score (nSPS) is 12.1. The highest BCUT2D eigenvalue weighted by molar-refractivity contribution is 5.47. The van der Waals surface area contributed by atoms with Crippen LogP contribution in [-0.4, -0.2) is 6.04 Å². The molecule has 1 unspecified atom stereocenters. The van der Waals surface area contributed by atoms with Crippen LogP contribution in [0.1, 0.15) is 18.1 Å². The molecule has 1 aromatic rings. The molecule has 1 nitrogen and oxygen atoms in total. The second-order valence-electron chi connectivity index (χ2n) is 3.60. The molecule has 0 saturated heterocycles. The molecule has 0 saturated carbocycles. The lowest BCUT2D eigenvalue weighted by Gasteiger charge is -2.10. The zero-order valence-corrected chi connectivity index (χ0v) is 8.66. The lowest BCUT2D eigenvalue weighted by atomic mass is 10.0. The van der Waals surface area contributed by atoms with E-state index < -0.39 is 0 Å². The maximum absolute atomic E-state index is 5.90. The van der Waals surface area contributed by atoms with Gasteiger partial charge in [0.15, 0.2) is 0 Å². The summed E-state index contributed by atoms with van der Waals surface area (Å²) in [6.07, 6.45) is 2.69. The SMILES string of the molecule is C=Cc1ccc(CC(N)C(=C)C)cc1. The Labute approximate surface area is 85.9 Å². The third-order valence-electron chi connectivity index (χ3n) is 2.30. The summed E-state index contributed by atoms with van der Waals surface area (Å²) in [7, 11) is 0. The van der Waals surface area contributed by atoms with Gasteiger partial charge in [-0.2, -0.15) is 0 Å². The van der Waals surface area contributed by atoms with Crippen molar-refractivity contribution in [3.05, 3.63) is 54.1 Å². The average Bonchev–Trinajstić information content (AvgIpc) is 2.19. The maximum Gasteiger partial charge on any atom is 0.0289 e. The molecule has 0 amide bonds. The molecule has 0 spiro atoms. The van der Waals surface area contributed by atoms with Gasteiger partial charge in [-0.1, -0.05) is 49.1 Å². The Morgan fingerprint density at radius 1 is 1.43 bits per heavy atom. The molecular formula is C13H17N. The number of hydrogen-bond donors (Lipinski definition) is 1. The number of benzene rings is 1. The van der Waals surface area contributed by atoms with Crippen molar-refractivity contribution in [3.8, 4) is 0 Å². The molecule has 1 heteroatoms. The van der Waals surface area contributed by atoms with Crippen LogP contribution < -0.4 is 5.73 Å². The van der Waals surface area contributed by atoms with Crippen LogP contribution in [-0.2, 0) is 6.42 Å². The van der Waals surface area contributed by atoms with Crippen LogP contribution in [0.2, 0.25) is 0 Å². The number of rotatable bonds is 4. The van der Waals surface area contributed by atoms with Crippen LogP contribution >= 0.6 is 0 Å². The van der Waals surface area contributed by atoms with Crippen LogP contribution in [0.5, 0.6) is 0 Å². The fourth-order valence-corrected chi connectivity index (χ4v) is 1.22. The van der Waals surface area contributed by atoms with Crippen LogP contribution in [0.4, 0.5) is 0 Å². The summed E-state index contributed by atoms with van der Waals surface area (Å²) in [6, 6.07) is 8.32. The van der Waals surface area contributed by atoms with Crippen LogP contribution in [0, 0.1) is 0 Å². The molecule has 0 radical (unpaired) electrons. The first-order valence-electron chi connectivity index (χ1n) is 4.76. The van der Waals surface area contributed by atoms with Gasteiger partial charge >= 0.3 is 0 Å². The highest BCUT2D eigenvalue weighted by Gasteiger charge is 2.03. The number of hydrogen-bond acceptors (Lipinski definition) is 1. The standard InChI is InChI=1S/C13H17N/c1-4-11-5-7-12(8-6-11)9-13(14)10(2)3/h4-8,13H,1-2,9,14H2,3H3. The van der Waals surface area contributed by atoms with E-state index in [1.54, 1.807) is 0 Å². The molecule has 74 valence electrons. The van der Waals surface area contributed by atoms with Gasteiger partial charge in [0.25, 0.3) is 0 Å². The van der Waals surface area contributed by atoms with Gasteiger partial charge in [-0.25, -0.2) is 0 Å². The third-order valence-corrected chi connectivity index (χ3v) is 2.30. The highest BCUT2D eigenvalue weighted by Crippen LogP contribution is 2.09. The minimum absolute atomic E-state index is 0.0598. The van der Waals surface area contributed by atoms with Crippen LogP contribution in [0.15, 0.2) is 43.0 Å². The first-order chi connectivity index (χ1) is 6.63. The summed E-state index contributed by atoms with van der Waals surface area (Å²) >= 11 is 0. The van der Waals surface area contributed by atoms with Crippen molar-refractivity contribution in [1.82, 2.24) is 0 Å². The summed E-state index contributed by atoms with van der Waals surface area (Å²) in [6.45, 7) is 9.52. The molecule has 1 aromatic carbocycles. The van der Waals surface area contributed by atoms with Crippen LogP contribution in [0.25, 0.3) is 6.08 Å². The summed E-state index contributed by atoms with van der Waals surface area (Å²) in [4.78, 5) is 0. The Morgan fingerprint density at radius 3 is 2.43 bits per heavy atom. The second kappa shape index (κ2) is 4.77. The van der Waals surface area contributed by atoms with Crippen molar-refractivity contribution in [2.24, 2.45) is 5.73 Å². The van der Waals surface area contributed by atoms with Gasteiger partial charge in [0.2, 0.25) is 0 Å². The Kier molecular flexibility index (Phi) is 3.66. The molecule has 0 bridgehead atoms. The Hall–Kier alpha value is -1.34. The summed E-state index contributed by atoms with van der Waals surface area (Å²) in [5.74, 6) is 0. The van der Waals surface area contributed by atoms with Gasteiger partial charge in [-0.15, -0.1) is 0 Å². The first kappa shape index (κ1) is 10.7. The van der Waals surface area contributed by atoms with Crippen molar-refractivity contribution >= 4 is 6.08 Å². The molecule has 2 N–H and O–H groups in total. The van der Waals surface area contributed by atoms with E-state index in [4.69, 9.17) is 5.73 Å². The fourth-order valence-electron chi connectivity index (χ4n) is 1.22. The highest BCUT2D eigenvalue weighted by atomic mass is 14.6. The summed E-state index contributed by atoms with van der Waals surface area (Å²) in [5, 5.41) is 0. The zero-order chi connectivity index (χ0) is 10.6. The number of nitrogens with two attached hydrogens (primary N) is 1. The van der Waals surface area contributed by atoms with Gasteiger partial charge in [-0.3, -0.25) is 0 Å². The fraction of sp³-hybridized carbons (Fsp3) is 0.231. The molecular weight excluding hydrogens is 170 g/mol. The lowest BCUT2D eigenvalue weighted by molar-refractivity contribution is 0.766. The van der Waals surface area contributed by atoms with E-state index in [2.05, 4.69) is 25.3 Å². The van der Waals surface area contributed by atoms with Crippen molar-refractivity contribution < 1.29 is 0 Å². The van der Waals surface area contributed by atoms with Crippen molar-refractivity contribution in [1.29, 1.82) is 0 Å². The average molecular weight is 187 g/mol. The molecule has 14 heavy (non-hydrogen) atoms. The third kappa shape index (κ3) is 2.86. The quantitative estimate of drug-likeness (QED) is 0.721. The van der Waals surface area contributed by atoms with Gasteiger partial charge < -0.3 is 5.73 Å². The Balaban J connectivity index is 2.68. The summed E-state index contributed by atoms with van der Waals surface area (Å²) in [5.41, 5.74) is 9.30. The van der Waals surface area contributed by atoms with Gasteiger partial charge in [-0.05, 0) is 24.5 Å². The minimum Gasteiger partial charge on any atom is -0.324 e. The molecule has 1 atom stereocenters. The largest absolute Gasteiger partial charge is 0.324 e. The smallest absolute Gasteiger partial charge is 0.0289 e. The van der Waals surface area contributed by atoms with E-state index in [1.807, 2.05) is 25.1 Å². The molecule has 0 aliphatic rings. The Bertz CT molecular complexity index is 322. The van der Waals surface area contributed by atoms with E-state index in [1.165, 1.54) is 5.56 Å². The van der Waals surface area contributed by atoms with Crippen molar-refractivity contribution in [3.63, 3.8) is 0 Å². The van der Waals surface area contributed by atoms with E-state index in [-0.39, 0.29) is 6.04 Å². The molecule has 0 fully saturated rings. The lowest BCUT2D eigenvalue weighted by Crippen LogP contribution is -2.23. The molecule has 0 heterocycles. The predicted octanol–water partition coefficient (Wildman–Crippen LogP) is 2.78. The van der Waals surface area contributed by atoms with Crippen molar-refractivity contribution in [2.45, 2.75) is 19.4 Å². The Morgan fingerprint density at radius 2 is 2.00 bits per heavy atom. The molecule has 0 aliphatic carbocycles. The minimum atomic E-state index is 0.0598. The van der Waals surface area contributed by atoms with E-state index in [0.717, 1.165) is 17.6 Å². The monoisotopic (exact) mass is 187 g/mol. The predicted molar refractivity (Wildman–Crippen MR) is 63.0 cm³/mol. The van der Waals surface area contributed by atoms with E-state index in [9.17, 15) is 0 Å². The second-order valence-corrected chi connectivity index (χ2v) is 3.60. The molecule has 1 rings (SSSR count). The van der Waals surface area contributed by atoms with Gasteiger partial charge in [0.1, 0.15) is 0 Å². The molecule has 0 aliphatic heterocycles. The van der Waals surface area contributed by atoms with Crippen LogP contribution in [0.3, 0.4) is 0 Å². The van der Waals surface area contributed by atoms with Crippen molar-refractivity contribution in [2.75, 3.05) is 0 Å². The topological polar surface area (TPSA) is 26.0 Å². The maximum atomic E-state index is 5.90. The first-order valence-corrected chi connectivity index (χ1v) is 4.76. The van der Waals surface area contributed by atoms with E-state index in [0.29, 0.717) is 0 Å². The van der Waals surface area contributed by atoms with Gasteiger partial charge in [0.05, 0.1) is 0 Å². The van der Waals surface area contributed by atoms with E-state index >= 15 is 0 Å².